The number of benzene rings is 1. The van der Waals surface area contributed by atoms with Crippen molar-refractivity contribution in [3.63, 3.8) is 0 Å². The van der Waals surface area contributed by atoms with Crippen LogP contribution in [-0.4, -0.2) is 66.0 Å². The van der Waals surface area contributed by atoms with Gasteiger partial charge in [-0.3, -0.25) is 9.59 Å². The molecule has 1 heterocycles. The van der Waals surface area contributed by atoms with E-state index >= 15 is 0 Å². The monoisotopic (exact) mass is 395 g/mol. The van der Waals surface area contributed by atoms with Gasteiger partial charge in [-0.1, -0.05) is 11.6 Å². The van der Waals surface area contributed by atoms with Gasteiger partial charge < -0.3 is 19.9 Å². The highest BCUT2D eigenvalue weighted by Crippen LogP contribution is 2.12. The average molecular weight is 396 g/mol. The predicted octanol–water partition coefficient (Wildman–Crippen LogP) is 2.54. The van der Waals surface area contributed by atoms with Crippen LogP contribution in [-0.2, 0) is 9.53 Å². The molecule has 0 spiro atoms. The number of carbonyl (C=O) groups excluding carboxylic acids is 3. The number of halogens is 1. The molecule has 1 saturated heterocycles. The molecule has 0 atom stereocenters. The molecular formula is C19H26ClN3O4. The average Bonchev–Trinajstić information content (AvgIpc) is 2.60. The highest BCUT2D eigenvalue weighted by atomic mass is 35.5. The first-order valence-corrected chi connectivity index (χ1v) is 9.33. The second-order valence-electron chi connectivity index (χ2n) is 7.36. The van der Waals surface area contributed by atoms with Crippen LogP contribution in [0.4, 0.5) is 4.79 Å². The van der Waals surface area contributed by atoms with Crippen LogP contribution in [0.15, 0.2) is 24.3 Å². The van der Waals surface area contributed by atoms with Crippen LogP contribution in [0, 0.1) is 0 Å². The summed E-state index contributed by atoms with van der Waals surface area (Å²) in [6.45, 7) is 7.53. The van der Waals surface area contributed by atoms with E-state index in [2.05, 4.69) is 5.32 Å². The summed E-state index contributed by atoms with van der Waals surface area (Å²) in [5.74, 6) is -0.288. The van der Waals surface area contributed by atoms with Gasteiger partial charge in [-0.05, 0) is 45.0 Å². The number of rotatable bonds is 4. The smallest absolute Gasteiger partial charge is 0.410 e. The summed E-state index contributed by atoms with van der Waals surface area (Å²) in [5.41, 5.74) is -0.0374. The number of nitrogens with one attached hydrogen (secondary N) is 1. The Morgan fingerprint density at radius 3 is 2.15 bits per heavy atom. The third-order valence-electron chi connectivity index (χ3n) is 4.01. The first-order chi connectivity index (χ1) is 12.7. The fourth-order valence-electron chi connectivity index (χ4n) is 2.61. The normalized spacial score (nSPS) is 14.7. The van der Waals surface area contributed by atoms with E-state index in [0.29, 0.717) is 36.8 Å². The fourth-order valence-corrected chi connectivity index (χ4v) is 2.74. The highest BCUT2D eigenvalue weighted by Gasteiger charge is 2.27. The topological polar surface area (TPSA) is 79.0 Å². The molecule has 0 unspecified atom stereocenters. The van der Waals surface area contributed by atoms with Crippen LogP contribution in [0.1, 0.15) is 37.6 Å². The standard InChI is InChI=1S/C19H26ClN3O4/c1-19(2,3)27-18(26)23-12-10-22(11-13-23)16(24)8-9-21-17(25)14-4-6-15(20)7-5-14/h4-7H,8-13H2,1-3H3,(H,21,25). The van der Waals surface area contributed by atoms with Crippen molar-refractivity contribution in [2.45, 2.75) is 32.8 Å². The van der Waals surface area contributed by atoms with Crippen molar-refractivity contribution in [3.8, 4) is 0 Å². The second kappa shape index (κ2) is 9.08. The largest absolute Gasteiger partial charge is 0.444 e. The molecule has 0 radical (unpaired) electrons. The zero-order valence-electron chi connectivity index (χ0n) is 16.0. The van der Waals surface area contributed by atoms with E-state index in [1.165, 1.54) is 0 Å². The van der Waals surface area contributed by atoms with E-state index in [9.17, 15) is 14.4 Å². The van der Waals surface area contributed by atoms with Crippen molar-refractivity contribution >= 4 is 29.5 Å². The van der Waals surface area contributed by atoms with Crippen molar-refractivity contribution in [1.29, 1.82) is 0 Å². The van der Waals surface area contributed by atoms with E-state index < -0.39 is 5.60 Å². The summed E-state index contributed by atoms with van der Waals surface area (Å²) in [5, 5.41) is 3.29. The van der Waals surface area contributed by atoms with Crippen molar-refractivity contribution in [3.05, 3.63) is 34.9 Å². The van der Waals surface area contributed by atoms with Crippen molar-refractivity contribution in [1.82, 2.24) is 15.1 Å². The van der Waals surface area contributed by atoms with Gasteiger partial charge in [0.15, 0.2) is 0 Å². The molecule has 0 aliphatic carbocycles. The van der Waals surface area contributed by atoms with E-state index in [0.717, 1.165) is 0 Å². The maximum Gasteiger partial charge on any atom is 0.410 e. The molecule has 148 valence electrons. The second-order valence-corrected chi connectivity index (χ2v) is 7.80. The van der Waals surface area contributed by atoms with Gasteiger partial charge in [-0.25, -0.2) is 4.79 Å². The quantitative estimate of drug-likeness (QED) is 0.849. The van der Waals surface area contributed by atoms with Gasteiger partial charge in [0.25, 0.3) is 5.91 Å². The van der Waals surface area contributed by atoms with E-state index in [4.69, 9.17) is 16.3 Å². The maximum absolute atomic E-state index is 12.3. The Labute approximate surface area is 164 Å². The van der Waals surface area contributed by atoms with Gasteiger partial charge in [0.1, 0.15) is 5.60 Å². The van der Waals surface area contributed by atoms with E-state index in [1.54, 1.807) is 34.1 Å². The molecule has 0 aromatic heterocycles. The zero-order valence-corrected chi connectivity index (χ0v) is 16.7. The molecule has 1 fully saturated rings. The Morgan fingerprint density at radius 2 is 1.59 bits per heavy atom. The molecule has 1 N–H and O–H groups in total. The number of ether oxygens (including phenoxy) is 1. The Balaban J connectivity index is 1.71. The molecule has 8 heteroatoms. The minimum atomic E-state index is -0.535. The molecular weight excluding hydrogens is 370 g/mol. The predicted molar refractivity (Wildman–Crippen MR) is 103 cm³/mol. The Kier molecular flexibility index (Phi) is 7.07. The first-order valence-electron chi connectivity index (χ1n) is 8.95. The lowest BCUT2D eigenvalue weighted by Gasteiger charge is -2.35. The zero-order chi connectivity index (χ0) is 20.0. The fraction of sp³-hybridized carbons (Fsp3) is 0.526. The molecule has 1 aromatic rings. The van der Waals surface area contributed by atoms with Gasteiger partial charge in [-0.15, -0.1) is 0 Å². The van der Waals surface area contributed by atoms with Crippen molar-refractivity contribution in [2.24, 2.45) is 0 Å². The lowest BCUT2D eigenvalue weighted by atomic mass is 10.2. The van der Waals surface area contributed by atoms with Gasteiger partial charge >= 0.3 is 6.09 Å². The SMILES string of the molecule is CC(C)(C)OC(=O)N1CCN(C(=O)CCNC(=O)c2ccc(Cl)cc2)CC1. The van der Waals surface area contributed by atoms with Crippen molar-refractivity contribution in [2.75, 3.05) is 32.7 Å². The lowest BCUT2D eigenvalue weighted by molar-refractivity contribution is -0.132. The van der Waals surface area contributed by atoms with Crippen LogP contribution in [0.2, 0.25) is 5.02 Å². The van der Waals surface area contributed by atoms with E-state index in [-0.39, 0.29) is 30.9 Å². The molecule has 3 amide bonds. The maximum atomic E-state index is 12.3. The van der Waals surface area contributed by atoms with Crippen LogP contribution < -0.4 is 5.32 Å². The summed E-state index contributed by atoms with van der Waals surface area (Å²) in [6, 6.07) is 6.56. The third-order valence-corrected chi connectivity index (χ3v) is 4.27. The number of piperazine rings is 1. The summed E-state index contributed by atoms with van der Waals surface area (Å²) in [4.78, 5) is 39.6. The first kappa shape index (κ1) is 21.0. The van der Waals surface area contributed by atoms with Gasteiger partial charge in [0.05, 0.1) is 0 Å². The highest BCUT2D eigenvalue weighted by molar-refractivity contribution is 6.30. The van der Waals surface area contributed by atoms with Crippen LogP contribution in [0.25, 0.3) is 0 Å². The van der Waals surface area contributed by atoms with Crippen LogP contribution >= 0.6 is 11.6 Å². The number of hydrogen-bond donors (Lipinski definition) is 1. The Bertz CT molecular complexity index is 677. The third kappa shape index (κ3) is 6.75. The van der Waals surface area contributed by atoms with Crippen molar-refractivity contribution < 1.29 is 19.1 Å². The van der Waals surface area contributed by atoms with E-state index in [1.807, 2.05) is 20.8 Å². The molecule has 0 bridgehead atoms. The summed E-state index contributed by atoms with van der Waals surface area (Å²) >= 11 is 5.80. The summed E-state index contributed by atoms with van der Waals surface area (Å²) in [6.07, 6.45) is -0.143. The minimum absolute atomic E-state index is 0.0461. The van der Waals surface area contributed by atoms with Crippen LogP contribution in [0.3, 0.4) is 0 Å². The van der Waals surface area contributed by atoms with Gasteiger partial charge in [-0.2, -0.15) is 0 Å². The Hall–Kier alpha value is -2.28. The molecule has 0 saturated carbocycles. The molecule has 1 aromatic carbocycles. The Morgan fingerprint density at radius 1 is 1.04 bits per heavy atom. The number of carbonyl (C=O) groups is 3. The molecule has 7 nitrogen and oxygen atoms in total. The van der Waals surface area contributed by atoms with Gasteiger partial charge in [0.2, 0.25) is 5.91 Å². The van der Waals surface area contributed by atoms with Crippen LogP contribution in [0.5, 0.6) is 0 Å². The molecule has 1 aliphatic rings. The summed E-state index contributed by atoms with van der Waals surface area (Å²) in [7, 11) is 0. The number of amides is 3. The minimum Gasteiger partial charge on any atom is -0.444 e. The number of hydrogen-bond acceptors (Lipinski definition) is 4. The lowest BCUT2D eigenvalue weighted by Crippen LogP contribution is -2.52. The molecule has 27 heavy (non-hydrogen) atoms. The molecule has 2 rings (SSSR count). The molecule has 1 aliphatic heterocycles. The summed E-state index contributed by atoms with van der Waals surface area (Å²) < 4.78 is 5.34. The van der Waals surface area contributed by atoms with Gasteiger partial charge in [0, 0.05) is 49.7 Å². The number of nitrogens with zero attached hydrogens (tertiary/aromatic N) is 2.